The number of rotatable bonds is 5. The van der Waals surface area contributed by atoms with Gasteiger partial charge in [0.25, 0.3) is 0 Å². The van der Waals surface area contributed by atoms with Gasteiger partial charge in [-0.15, -0.1) is 0 Å². The average Bonchev–Trinajstić information content (AvgIpc) is 3.49. The van der Waals surface area contributed by atoms with E-state index in [1.807, 2.05) is 79.1 Å². The van der Waals surface area contributed by atoms with Crippen LogP contribution in [-0.4, -0.2) is 24.5 Å². The van der Waals surface area contributed by atoms with Gasteiger partial charge in [0.15, 0.2) is 17.5 Å². The molecule has 0 saturated heterocycles. The van der Waals surface area contributed by atoms with Gasteiger partial charge in [-0.05, 0) is 47.2 Å². The third-order valence-corrected chi connectivity index (χ3v) is 8.69. The fourth-order valence-corrected chi connectivity index (χ4v) is 6.49. The van der Waals surface area contributed by atoms with E-state index in [0.29, 0.717) is 17.5 Å². The summed E-state index contributed by atoms with van der Waals surface area (Å²) < 4.78 is 2.38. The van der Waals surface area contributed by atoms with Gasteiger partial charge in [0.1, 0.15) is 0 Å². The maximum Gasteiger partial charge on any atom is 0.164 e. The molecule has 0 fully saturated rings. The first kappa shape index (κ1) is 26.9. The summed E-state index contributed by atoms with van der Waals surface area (Å²) in [7, 11) is 0. The predicted molar refractivity (Wildman–Crippen MR) is 191 cm³/mol. The van der Waals surface area contributed by atoms with Gasteiger partial charge in [-0.1, -0.05) is 115 Å². The molecule has 0 unspecified atom stereocenters. The van der Waals surface area contributed by atoms with Crippen LogP contribution < -0.4 is 0 Å². The Balaban J connectivity index is 1.36. The van der Waals surface area contributed by atoms with Crippen molar-refractivity contribution in [1.29, 1.82) is 0 Å². The third-order valence-electron chi connectivity index (χ3n) is 8.69. The lowest BCUT2D eigenvalue weighted by Gasteiger charge is -2.14. The van der Waals surface area contributed by atoms with Crippen molar-refractivity contribution in [2.75, 3.05) is 0 Å². The normalized spacial score (nSPS) is 11.4. The van der Waals surface area contributed by atoms with Crippen LogP contribution >= 0.6 is 0 Å². The van der Waals surface area contributed by atoms with Gasteiger partial charge in [0, 0.05) is 56.7 Å². The fraction of sp³-hybridized carbons (Fsp3) is 0. The number of aromatic nitrogens is 5. The Morgan fingerprint density at radius 3 is 1.74 bits per heavy atom. The second kappa shape index (κ2) is 11.2. The monoisotopic (exact) mass is 601 g/mol. The van der Waals surface area contributed by atoms with Gasteiger partial charge < -0.3 is 4.57 Å². The smallest absolute Gasteiger partial charge is 0.164 e. The first-order valence-corrected chi connectivity index (χ1v) is 15.6. The quantitative estimate of drug-likeness (QED) is 0.197. The molecule has 0 atom stereocenters. The summed E-state index contributed by atoms with van der Waals surface area (Å²) in [6, 6.07) is 52.5. The van der Waals surface area contributed by atoms with Crippen LogP contribution in [0.1, 0.15) is 0 Å². The van der Waals surface area contributed by atoms with Crippen molar-refractivity contribution >= 4 is 32.6 Å². The molecule has 3 heterocycles. The Labute approximate surface area is 271 Å². The molecule has 220 valence electrons. The minimum Gasteiger partial charge on any atom is -0.309 e. The number of pyridine rings is 1. The predicted octanol–water partition coefficient (Wildman–Crippen LogP) is 10.2. The van der Waals surface area contributed by atoms with E-state index in [1.54, 1.807) is 0 Å². The summed E-state index contributed by atoms with van der Waals surface area (Å²) in [6.45, 7) is 0. The molecule has 0 aliphatic rings. The molecule has 47 heavy (non-hydrogen) atoms. The van der Waals surface area contributed by atoms with Gasteiger partial charge in [0.05, 0.1) is 11.0 Å². The highest BCUT2D eigenvalue weighted by Crippen LogP contribution is 2.41. The molecule has 0 amide bonds. The van der Waals surface area contributed by atoms with Crippen molar-refractivity contribution in [2.24, 2.45) is 0 Å². The second-order valence-corrected chi connectivity index (χ2v) is 11.6. The van der Waals surface area contributed by atoms with E-state index in [0.717, 1.165) is 55.3 Å². The summed E-state index contributed by atoms with van der Waals surface area (Å²) in [5.74, 6) is 1.89. The molecular weight excluding hydrogens is 574 g/mol. The van der Waals surface area contributed by atoms with Crippen LogP contribution in [-0.2, 0) is 0 Å². The highest BCUT2D eigenvalue weighted by Gasteiger charge is 2.20. The Morgan fingerprint density at radius 2 is 1.04 bits per heavy atom. The van der Waals surface area contributed by atoms with Crippen LogP contribution in [0.15, 0.2) is 164 Å². The summed E-state index contributed by atoms with van der Waals surface area (Å²) in [4.78, 5) is 19.6. The van der Waals surface area contributed by atoms with E-state index in [9.17, 15) is 0 Å². The zero-order valence-electron chi connectivity index (χ0n) is 25.3. The third kappa shape index (κ3) is 4.73. The van der Waals surface area contributed by atoms with Crippen LogP contribution in [0.25, 0.3) is 83.6 Å². The number of benzene rings is 6. The average molecular weight is 602 g/mol. The lowest BCUT2D eigenvalue weighted by Crippen LogP contribution is -2.01. The van der Waals surface area contributed by atoms with Crippen LogP contribution in [0.3, 0.4) is 0 Å². The summed E-state index contributed by atoms with van der Waals surface area (Å²) in [5, 5.41) is 4.68. The molecule has 0 aliphatic heterocycles. The van der Waals surface area contributed by atoms with E-state index in [1.165, 1.54) is 10.8 Å². The SMILES string of the molecule is c1ccc(-c2nc(-c3ccccc3)nc(-c3cc(-c4cccnc4)c4c(c3)c3ccccc3n4-c3ccc4ccccc4c3)n2)cc1. The molecule has 0 saturated carbocycles. The molecule has 0 radical (unpaired) electrons. The fourth-order valence-electron chi connectivity index (χ4n) is 6.49. The maximum absolute atomic E-state index is 5.08. The molecule has 5 heteroatoms. The van der Waals surface area contributed by atoms with Crippen LogP contribution in [0, 0.1) is 0 Å². The second-order valence-electron chi connectivity index (χ2n) is 11.6. The number of nitrogens with zero attached hydrogens (tertiary/aromatic N) is 5. The van der Waals surface area contributed by atoms with E-state index >= 15 is 0 Å². The van der Waals surface area contributed by atoms with Crippen molar-refractivity contribution in [3.05, 3.63) is 164 Å². The minimum atomic E-state index is 0.618. The number of fused-ring (bicyclic) bond motifs is 4. The van der Waals surface area contributed by atoms with Crippen molar-refractivity contribution in [3.63, 3.8) is 0 Å². The van der Waals surface area contributed by atoms with Gasteiger partial charge in [-0.2, -0.15) is 0 Å². The van der Waals surface area contributed by atoms with Crippen molar-refractivity contribution < 1.29 is 0 Å². The molecule has 9 rings (SSSR count). The Hall–Kier alpha value is -6.46. The highest BCUT2D eigenvalue weighted by atomic mass is 15.0. The summed E-state index contributed by atoms with van der Waals surface area (Å²) in [5.41, 5.74) is 8.21. The molecular formula is C42H27N5. The Bertz CT molecular complexity index is 2500. The van der Waals surface area contributed by atoms with Crippen LogP contribution in [0.5, 0.6) is 0 Å². The largest absolute Gasteiger partial charge is 0.309 e. The van der Waals surface area contributed by atoms with Crippen LogP contribution in [0.2, 0.25) is 0 Å². The zero-order chi connectivity index (χ0) is 31.2. The van der Waals surface area contributed by atoms with Gasteiger partial charge >= 0.3 is 0 Å². The first-order valence-electron chi connectivity index (χ1n) is 15.6. The summed E-state index contributed by atoms with van der Waals surface area (Å²) in [6.07, 6.45) is 3.74. The van der Waals surface area contributed by atoms with E-state index in [2.05, 4.69) is 94.5 Å². The van der Waals surface area contributed by atoms with Gasteiger partial charge in [-0.25, -0.2) is 15.0 Å². The van der Waals surface area contributed by atoms with Gasteiger partial charge in [0.2, 0.25) is 0 Å². The maximum atomic E-state index is 5.08. The summed E-state index contributed by atoms with van der Waals surface area (Å²) >= 11 is 0. The van der Waals surface area contributed by atoms with Gasteiger partial charge in [-0.3, -0.25) is 4.98 Å². The molecule has 0 aliphatic carbocycles. The van der Waals surface area contributed by atoms with Crippen molar-refractivity contribution in [2.45, 2.75) is 0 Å². The molecule has 9 aromatic rings. The highest BCUT2D eigenvalue weighted by molar-refractivity contribution is 6.15. The topological polar surface area (TPSA) is 56.5 Å². The lowest BCUT2D eigenvalue weighted by atomic mass is 9.99. The lowest BCUT2D eigenvalue weighted by molar-refractivity contribution is 1.07. The molecule has 5 nitrogen and oxygen atoms in total. The van der Waals surface area contributed by atoms with E-state index < -0.39 is 0 Å². The minimum absolute atomic E-state index is 0.618. The first-order chi connectivity index (χ1) is 23.3. The van der Waals surface area contributed by atoms with E-state index in [-0.39, 0.29) is 0 Å². The Morgan fingerprint density at radius 1 is 0.426 bits per heavy atom. The molecule has 6 aromatic carbocycles. The standard InChI is InChI=1S/C42H27N5/c1-3-13-29(14-4-1)40-44-41(30-15-5-2-6-16-30)46-42(45-40)33-25-36(32-18-11-23-43-27-32)39-37(26-33)35-19-9-10-20-38(35)47(39)34-22-21-28-12-7-8-17-31(28)24-34/h1-27H. The zero-order valence-corrected chi connectivity index (χ0v) is 25.3. The molecule has 0 N–H and O–H groups in total. The Kier molecular flexibility index (Phi) is 6.39. The van der Waals surface area contributed by atoms with Crippen molar-refractivity contribution in [1.82, 2.24) is 24.5 Å². The van der Waals surface area contributed by atoms with E-state index in [4.69, 9.17) is 15.0 Å². The number of hydrogen-bond donors (Lipinski definition) is 0. The molecule has 0 bridgehead atoms. The number of para-hydroxylation sites is 1. The number of hydrogen-bond acceptors (Lipinski definition) is 4. The molecule has 3 aromatic heterocycles. The van der Waals surface area contributed by atoms with Crippen molar-refractivity contribution in [3.8, 4) is 51.0 Å². The van der Waals surface area contributed by atoms with Crippen LogP contribution in [0.4, 0.5) is 0 Å². The molecule has 0 spiro atoms.